The van der Waals surface area contributed by atoms with E-state index in [2.05, 4.69) is 27.2 Å². The maximum Gasteiger partial charge on any atom is 0.177 e. The molecular weight excluding hydrogens is 380 g/mol. The number of nitrogens with zero attached hydrogens (tertiary/aromatic N) is 4. The molecule has 0 radical (unpaired) electrons. The maximum absolute atomic E-state index is 11.6. The molecule has 0 atom stereocenters. The molecule has 0 unspecified atom stereocenters. The summed E-state index contributed by atoms with van der Waals surface area (Å²) >= 11 is 1.60. The number of aromatic nitrogens is 4. The molecule has 4 rings (SSSR count). The summed E-state index contributed by atoms with van der Waals surface area (Å²) in [5.41, 5.74) is 5.67. The van der Waals surface area contributed by atoms with Crippen molar-refractivity contribution < 1.29 is 8.42 Å². The van der Waals surface area contributed by atoms with Crippen LogP contribution in [0.2, 0.25) is 0 Å². The van der Waals surface area contributed by atoms with Crippen LogP contribution in [0.5, 0.6) is 0 Å². The summed E-state index contributed by atoms with van der Waals surface area (Å²) in [6, 6.07) is 13.4. The number of rotatable bonds is 4. The van der Waals surface area contributed by atoms with Crippen molar-refractivity contribution in [3.8, 4) is 27.5 Å². The zero-order valence-corrected chi connectivity index (χ0v) is 16.3. The average molecular weight is 396 g/mol. The van der Waals surface area contributed by atoms with Gasteiger partial charge in [0.2, 0.25) is 0 Å². The predicted octanol–water partition coefficient (Wildman–Crippen LogP) is 3.77. The maximum atomic E-state index is 11.6. The van der Waals surface area contributed by atoms with E-state index < -0.39 is 9.84 Å². The molecule has 6 nitrogen and oxygen atoms in total. The first-order valence-electron chi connectivity index (χ1n) is 8.14. The van der Waals surface area contributed by atoms with Gasteiger partial charge in [0.15, 0.2) is 15.7 Å². The van der Waals surface area contributed by atoms with Crippen LogP contribution < -0.4 is 0 Å². The second-order valence-electron chi connectivity index (χ2n) is 6.15. The number of thiazole rings is 1. The van der Waals surface area contributed by atoms with Crippen molar-refractivity contribution in [2.45, 2.75) is 11.8 Å². The molecule has 0 saturated heterocycles. The van der Waals surface area contributed by atoms with Gasteiger partial charge in [-0.25, -0.2) is 18.1 Å². The van der Waals surface area contributed by atoms with Crippen LogP contribution in [-0.4, -0.2) is 34.4 Å². The second kappa shape index (κ2) is 6.71. The first-order chi connectivity index (χ1) is 12.9. The summed E-state index contributed by atoms with van der Waals surface area (Å²) in [4.78, 5) is 9.70. The highest BCUT2D eigenvalue weighted by molar-refractivity contribution is 7.90. The molecule has 136 valence electrons. The summed E-state index contributed by atoms with van der Waals surface area (Å²) < 4.78 is 25.0. The van der Waals surface area contributed by atoms with Gasteiger partial charge in [0, 0.05) is 24.2 Å². The lowest BCUT2D eigenvalue weighted by molar-refractivity contribution is 0.601. The minimum absolute atomic E-state index is 0.186. The molecular formula is C19H16N4O2S2. The van der Waals surface area contributed by atoms with Crippen molar-refractivity contribution in [3.05, 3.63) is 66.1 Å². The number of pyridine rings is 1. The Morgan fingerprint density at radius 2 is 1.74 bits per heavy atom. The van der Waals surface area contributed by atoms with E-state index in [-0.39, 0.29) is 4.90 Å². The van der Waals surface area contributed by atoms with E-state index in [0.29, 0.717) is 5.82 Å². The first-order valence-corrected chi connectivity index (χ1v) is 10.9. The second-order valence-corrected chi connectivity index (χ2v) is 9.05. The Morgan fingerprint density at radius 3 is 2.33 bits per heavy atom. The Morgan fingerprint density at radius 1 is 1.00 bits per heavy atom. The minimum Gasteiger partial charge on any atom is -0.252 e. The van der Waals surface area contributed by atoms with Crippen molar-refractivity contribution >= 4 is 21.2 Å². The fourth-order valence-electron chi connectivity index (χ4n) is 2.76. The molecule has 0 aliphatic rings. The number of hydrogen-bond acceptors (Lipinski definition) is 6. The normalized spacial score (nSPS) is 11.6. The van der Waals surface area contributed by atoms with Crippen LogP contribution >= 0.6 is 11.3 Å². The SMILES string of the molecule is Cc1cc(-c2ccc(-c3cncs3)cc2)n(-c2ccc(S(C)(=O)=O)cn2)n1. The molecule has 0 spiro atoms. The fourth-order valence-corrected chi connectivity index (χ4v) is 3.95. The molecule has 0 fully saturated rings. The van der Waals surface area contributed by atoms with E-state index >= 15 is 0 Å². The largest absolute Gasteiger partial charge is 0.252 e. The zero-order chi connectivity index (χ0) is 19.0. The minimum atomic E-state index is -3.28. The van der Waals surface area contributed by atoms with Crippen LogP contribution in [0.15, 0.2) is 65.3 Å². The molecule has 0 amide bonds. The van der Waals surface area contributed by atoms with E-state index in [4.69, 9.17) is 0 Å². The third-order valence-corrected chi connectivity index (χ3v) is 6.01. The molecule has 3 heterocycles. The van der Waals surface area contributed by atoms with E-state index in [1.54, 1.807) is 28.2 Å². The fraction of sp³-hybridized carbons (Fsp3) is 0.105. The molecule has 3 aromatic heterocycles. The Hall–Kier alpha value is -2.84. The highest BCUT2D eigenvalue weighted by Gasteiger charge is 2.13. The topological polar surface area (TPSA) is 77.7 Å². The van der Waals surface area contributed by atoms with Crippen LogP contribution in [0.4, 0.5) is 0 Å². The number of benzene rings is 1. The van der Waals surface area contributed by atoms with E-state index in [0.717, 1.165) is 33.6 Å². The van der Waals surface area contributed by atoms with E-state index in [1.807, 2.05) is 36.8 Å². The first kappa shape index (κ1) is 17.6. The lowest BCUT2D eigenvalue weighted by Crippen LogP contribution is -2.04. The summed E-state index contributed by atoms with van der Waals surface area (Å²) in [6.45, 7) is 1.91. The number of sulfone groups is 1. The Balaban J connectivity index is 1.73. The van der Waals surface area contributed by atoms with Crippen LogP contribution in [0.25, 0.3) is 27.5 Å². The van der Waals surface area contributed by atoms with Gasteiger partial charge in [-0.15, -0.1) is 11.3 Å². The Bertz CT molecular complexity index is 1180. The van der Waals surface area contributed by atoms with Crippen LogP contribution in [0, 0.1) is 6.92 Å². The highest BCUT2D eigenvalue weighted by atomic mass is 32.2. The lowest BCUT2D eigenvalue weighted by atomic mass is 10.1. The number of aryl methyl sites for hydroxylation is 1. The summed E-state index contributed by atoms with van der Waals surface area (Å²) in [7, 11) is -3.28. The van der Waals surface area contributed by atoms with Gasteiger partial charge in [-0.2, -0.15) is 5.10 Å². The molecule has 0 N–H and O–H groups in total. The van der Waals surface area contributed by atoms with E-state index in [9.17, 15) is 8.42 Å². The van der Waals surface area contributed by atoms with Crippen molar-refractivity contribution in [2.24, 2.45) is 0 Å². The van der Waals surface area contributed by atoms with Gasteiger partial charge in [-0.1, -0.05) is 24.3 Å². The van der Waals surface area contributed by atoms with Gasteiger partial charge in [-0.3, -0.25) is 4.98 Å². The molecule has 0 aliphatic heterocycles. The van der Waals surface area contributed by atoms with Gasteiger partial charge >= 0.3 is 0 Å². The summed E-state index contributed by atoms with van der Waals surface area (Å²) in [6.07, 6.45) is 4.37. The smallest absolute Gasteiger partial charge is 0.177 e. The lowest BCUT2D eigenvalue weighted by Gasteiger charge is -2.08. The predicted molar refractivity (Wildman–Crippen MR) is 106 cm³/mol. The molecule has 0 bridgehead atoms. The van der Waals surface area contributed by atoms with Gasteiger partial charge in [0.25, 0.3) is 0 Å². The van der Waals surface area contributed by atoms with Crippen molar-refractivity contribution in [3.63, 3.8) is 0 Å². The number of hydrogen-bond donors (Lipinski definition) is 0. The summed E-state index contributed by atoms with van der Waals surface area (Å²) in [5.74, 6) is 0.567. The van der Waals surface area contributed by atoms with Crippen LogP contribution in [-0.2, 0) is 9.84 Å². The third kappa shape index (κ3) is 3.54. The molecule has 8 heteroatoms. The highest BCUT2D eigenvalue weighted by Crippen LogP contribution is 2.28. The van der Waals surface area contributed by atoms with Crippen molar-refractivity contribution in [1.82, 2.24) is 19.7 Å². The molecule has 0 saturated carbocycles. The Labute approximate surface area is 161 Å². The molecule has 4 aromatic rings. The quantitative estimate of drug-likeness (QED) is 0.525. The van der Waals surface area contributed by atoms with Crippen molar-refractivity contribution in [2.75, 3.05) is 6.26 Å². The average Bonchev–Trinajstić information content (AvgIpc) is 3.31. The Kier molecular flexibility index (Phi) is 4.37. The van der Waals surface area contributed by atoms with Crippen LogP contribution in [0.3, 0.4) is 0 Å². The van der Waals surface area contributed by atoms with Gasteiger partial charge in [-0.05, 0) is 30.7 Å². The molecule has 1 aromatic carbocycles. The molecule has 27 heavy (non-hydrogen) atoms. The third-order valence-electron chi connectivity index (χ3n) is 4.09. The van der Waals surface area contributed by atoms with Gasteiger partial charge < -0.3 is 0 Å². The standard InChI is InChI=1S/C19H16N4O2S2/c1-13-9-17(14-3-5-15(6-4-14)18-11-20-12-26-18)23(22-13)19-8-7-16(10-21-19)27(2,24)25/h3-12H,1-2H3. The molecule has 0 aliphatic carbocycles. The van der Waals surface area contributed by atoms with Crippen LogP contribution in [0.1, 0.15) is 5.69 Å². The van der Waals surface area contributed by atoms with E-state index in [1.165, 1.54) is 6.20 Å². The monoisotopic (exact) mass is 396 g/mol. The van der Waals surface area contributed by atoms with Gasteiger partial charge in [0.05, 0.1) is 26.7 Å². The summed E-state index contributed by atoms with van der Waals surface area (Å²) in [5, 5.41) is 4.52. The van der Waals surface area contributed by atoms with Crippen molar-refractivity contribution in [1.29, 1.82) is 0 Å². The van der Waals surface area contributed by atoms with Gasteiger partial charge in [0.1, 0.15) is 0 Å². The zero-order valence-electron chi connectivity index (χ0n) is 14.7.